The molecule has 23 heavy (non-hydrogen) atoms. The number of rotatable bonds is 4. The number of hydrogen-bond acceptors (Lipinski definition) is 4. The summed E-state index contributed by atoms with van der Waals surface area (Å²) < 4.78 is 37.4. The van der Waals surface area contributed by atoms with Crippen LogP contribution in [-0.4, -0.2) is 15.9 Å². The van der Waals surface area contributed by atoms with Crippen molar-refractivity contribution in [2.75, 3.05) is 0 Å². The molecule has 2 rings (SSSR count). The first kappa shape index (κ1) is 16.5. The standard InChI is InChI=1S/C16H12F3N3O/c17-16(18,19)13-4-5-14(21-10-13)8-15(22-23)7-11-2-1-3-12(6-11)9-20/h1-6,10,23H,7-8H2. The first-order valence-corrected chi connectivity index (χ1v) is 6.63. The van der Waals surface area contributed by atoms with E-state index in [1.54, 1.807) is 24.3 Å². The van der Waals surface area contributed by atoms with Crippen LogP contribution in [0, 0.1) is 11.3 Å². The fourth-order valence-electron chi connectivity index (χ4n) is 2.03. The van der Waals surface area contributed by atoms with Crippen LogP contribution in [-0.2, 0) is 19.0 Å². The SMILES string of the molecule is N#Cc1cccc(CC(Cc2ccc(C(F)(F)F)cn2)=NO)c1. The highest BCUT2D eigenvalue weighted by molar-refractivity contribution is 5.87. The Morgan fingerprint density at radius 3 is 2.57 bits per heavy atom. The summed E-state index contributed by atoms with van der Waals surface area (Å²) in [5.41, 5.74) is 1.12. The lowest BCUT2D eigenvalue weighted by molar-refractivity contribution is -0.137. The Hall–Kier alpha value is -2.88. The van der Waals surface area contributed by atoms with Gasteiger partial charge in [-0.25, -0.2) is 0 Å². The lowest BCUT2D eigenvalue weighted by Crippen LogP contribution is -2.10. The number of halogens is 3. The summed E-state index contributed by atoms with van der Waals surface area (Å²) >= 11 is 0. The Kier molecular flexibility index (Phi) is 4.96. The van der Waals surface area contributed by atoms with Crippen molar-refractivity contribution in [2.24, 2.45) is 5.16 Å². The van der Waals surface area contributed by atoms with Gasteiger partial charge in [-0.15, -0.1) is 0 Å². The van der Waals surface area contributed by atoms with E-state index in [9.17, 15) is 13.2 Å². The number of nitriles is 1. The van der Waals surface area contributed by atoms with E-state index in [0.717, 1.165) is 17.8 Å². The molecule has 0 aliphatic heterocycles. The van der Waals surface area contributed by atoms with Gasteiger partial charge in [0, 0.05) is 24.7 Å². The van der Waals surface area contributed by atoms with Gasteiger partial charge in [0.25, 0.3) is 0 Å². The largest absolute Gasteiger partial charge is 0.417 e. The van der Waals surface area contributed by atoms with Gasteiger partial charge in [-0.2, -0.15) is 18.4 Å². The zero-order chi connectivity index (χ0) is 16.9. The van der Waals surface area contributed by atoms with Gasteiger partial charge in [0.2, 0.25) is 0 Å². The van der Waals surface area contributed by atoms with Gasteiger partial charge in [0.1, 0.15) is 0 Å². The molecule has 1 heterocycles. The van der Waals surface area contributed by atoms with Crippen LogP contribution in [0.5, 0.6) is 0 Å². The number of oxime groups is 1. The molecule has 118 valence electrons. The lowest BCUT2D eigenvalue weighted by Gasteiger charge is -2.08. The summed E-state index contributed by atoms with van der Waals surface area (Å²) in [6.07, 6.45) is -3.29. The van der Waals surface area contributed by atoms with Crippen molar-refractivity contribution in [3.63, 3.8) is 0 Å². The summed E-state index contributed by atoms with van der Waals surface area (Å²) in [7, 11) is 0. The molecule has 0 spiro atoms. The summed E-state index contributed by atoms with van der Waals surface area (Å²) in [6, 6.07) is 11.0. The average molecular weight is 319 g/mol. The van der Waals surface area contributed by atoms with Crippen LogP contribution in [0.3, 0.4) is 0 Å². The zero-order valence-electron chi connectivity index (χ0n) is 11.9. The predicted molar refractivity (Wildman–Crippen MR) is 77.0 cm³/mol. The minimum absolute atomic E-state index is 0.116. The second kappa shape index (κ2) is 6.92. The Labute approximate surface area is 130 Å². The van der Waals surface area contributed by atoms with Gasteiger partial charge in [-0.1, -0.05) is 17.3 Å². The number of hydrogen-bond donors (Lipinski definition) is 1. The third-order valence-corrected chi connectivity index (χ3v) is 3.14. The second-order valence-electron chi connectivity index (χ2n) is 4.87. The molecule has 0 radical (unpaired) electrons. The highest BCUT2D eigenvalue weighted by Crippen LogP contribution is 2.28. The molecule has 0 saturated heterocycles. The highest BCUT2D eigenvalue weighted by atomic mass is 19.4. The van der Waals surface area contributed by atoms with Crippen molar-refractivity contribution in [1.29, 1.82) is 5.26 Å². The molecule has 0 aliphatic rings. The molecule has 1 aromatic carbocycles. The maximum absolute atomic E-state index is 12.5. The predicted octanol–water partition coefficient (Wildman–Crippen LogP) is 3.59. The number of aromatic nitrogens is 1. The van der Waals surface area contributed by atoms with Crippen LogP contribution in [0.2, 0.25) is 0 Å². The summed E-state index contributed by atoms with van der Waals surface area (Å²) in [5.74, 6) is 0. The molecule has 7 heteroatoms. The normalized spacial score (nSPS) is 12.0. The Morgan fingerprint density at radius 2 is 2.00 bits per heavy atom. The van der Waals surface area contributed by atoms with Gasteiger partial charge in [0.05, 0.1) is 22.9 Å². The number of alkyl halides is 3. The van der Waals surface area contributed by atoms with Crippen LogP contribution in [0.25, 0.3) is 0 Å². The molecule has 4 nitrogen and oxygen atoms in total. The van der Waals surface area contributed by atoms with Crippen molar-refractivity contribution < 1.29 is 18.4 Å². The van der Waals surface area contributed by atoms with Gasteiger partial charge in [-0.3, -0.25) is 4.98 Å². The van der Waals surface area contributed by atoms with E-state index < -0.39 is 11.7 Å². The van der Waals surface area contributed by atoms with Crippen molar-refractivity contribution in [2.45, 2.75) is 19.0 Å². The third kappa shape index (κ3) is 4.54. The quantitative estimate of drug-likeness (QED) is 0.532. The van der Waals surface area contributed by atoms with E-state index in [4.69, 9.17) is 10.5 Å². The Balaban J connectivity index is 2.09. The summed E-state index contributed by atoms with van der Waals surface area (Å²) in [6.45, 7) is 0. The molecular weight excluding hydrogens is 307 g/mol. The number of pyridine rings is 1. The maximum Gasteiger partial charge on any atom is 0.417 e. The molecular formula is C16H12F3N3O. The van der Waals surface area contributed by atoms with E-state index >= 15 is 0 Å². The van der Waals surface area contributed by atoms with Gasteiger partial charge < -0.3 is 5.21 Å². The molecule has 0 atom stereocenters. The monoisotopic (exact) mass is 319 g/mol. The molecule has 1 N–H and O–H groups in total. The second-order valence-corrected chi connectivity index (χ2v) is 4.87. The van der Waals surface area contributed by atoms with E-state index in [-0.39, 0.29) is 12.8 Å². The van der Waals surface area contributed by atoms with Crippen molar-refractivity contribution >= 4 is 5.71 Å². The van der Waals surface area contributed by atoms with E-state index in [1.807, 2.05) is 6.07 Å². The molecule has 2 aromatic rings. The van der Waals surface area contributed by atoms with Crippen LogP contribution in [0.4, 0.5) is 13.2 Å². The number of benzene rings is 1. The fraction of sp³-hybridized carbons (Fsp3) is 0.188. The molecule has 0 fully saturated rings. The smallest absolute Gasteiger partial charge is 0.411 e. The third-order valence-electron chi connectivity index (χ3n) is 3.14. The Bertz CT molecular complexity index is 746. The first-order valence-electron chi connectivity index (χ1n) is 6.63. The van der Waals surface area contributed by atoms with E-state index in [1.165, 1.54) is 6.07 Å². The fourth-order valence-corrected chi connectivity index (χ4v) is 2.03. The minimum Gasteiger partial charge on any atom is -0.411 e. The molecule has 0 unspecified atom stereocenters. The van der Waals surface area contributed by atoms with Gasteiger partial charge >= 0.3 is 6.18 Å². The van der Waals surface area contributed by atoms with Crippen LogP contribution in [0.1, 0.15) is 22.4 Å². The lowest BCUT2D eigenvalue weighted by atomic mass is 10.0. The summed E-state index contributed by atoms with van der Waals surface area (Å²) in [5, 5.41) is 21.1. The highest BCUT2D eigenvalue weighted by Gasteiger charge is 2.30. The summed E-state index contributed by atoms with van der Waals surface area (Å²) in [4.78, 5) is 3.74. The van der Waals surface area contributed by atoms with Gasteiger partial charge in [-0.05, 0) is 29.8 Å². The molecule has 0 saturated carbocycles. The van der Waals surface area contributed by atoms with Crippen molar-refractivity contribution in [3.05, 3.63) is 65.0 Å². The van der Waals surface area contributed by atoms with E-state index in [2.05, 4.69) is 10.1 Å². The van der Waals surface area contributed by atoms with Gasteiger partial charge in [0.15, 0.2) is 0 Å². The molecule has 0 aliphatic carbocycles. The minimum atomic E-state index is -4.43. The average Bonchev–Trinajstić information content (AvgIpc) is 2.54. The van der Waals surface area contributed by atoms with Crippen molar-refractivity contribution in [3.8, 4) is 6.07 Å². The number of nitrogens with zero attached hydrogens (tertiary/aromatic N) is 3. The topological polar surface area (TPSA) is 69.3 Å². The first-order chi connectivity index (χ1) is 10.9. The zero-order valence-corrected chi connectivity index (χ0v) is 11.9. The maximum atomic E-state index is 12.5. The van der Waals surface area contributed by atoms with E-state index in [0.29, 0.717) is 17.0 Å². The van der Waals surface area contributed by atoms with Crippen LogP contribution in [0.15, 0.2) is 47.8 Å². The van der Waals surface area contributed by atoms with Crippen LogP contribution < -0.4 is 0 Å². The van der Waals surface area contributed by atoms with Crippen molar-refractivity contribution in [1.82, 2.24) is 4.98 Å². The van der Waals surface area contributed by atoms with Crippen LogP contribution >= 0.6 is 0 Å². The molecule has 0 bridgehead atoms. The molecule has 0 amide bonds. The molecule has 1 aromatic heterocycles. The Morgan fingerprint density at radius 1 is 1.22 bits per heavy atom.